The average Bonchev–Trinajstić information content (AvgIpc) is 3.31. The fourth-order valence-corrected chi connectivity index (χ4v) is 8.06. The van der Waals surface area contributed by atoms with Crippen molar-refractivity contribution in [2.75, 3.05) is 5.32 Å². The van der Waals surface area contributed by atoms with Crippen LogP contribution in [-0.4, -0.2) is 22.6 Å². The number of nitrogens with zero attached hydrogens (tertiary/aromatic N) is 1. The number of hydrogen-bond donors (Lipinski definition) is 1. The third kappa shape index (κ3) is 2.62. The van der Waals surface area contributed by atoms with E-state index in [4.69, 9.17) is 11.6 Å². The summed E-state index contributed by atoms with van der Waals surface area (Å²) in [7, 11) is 0. The zero-order valence-electron chi connectivity index (χ0n) is 19.5. The summed E-state index contributed by atoms with van der Waals surface area (Å²) in [5.74, 6) is 0.0848. The van der Waals surface area contributed by atoms with Gasteiger partial charge in [0.25, 0.3) is 5.91 Å². The van der Waals surface area contributed by atoms with Gasteiger partial charge >= 0.3 is 0 Å². The predicted molar refractivity (Wildman–Crippen MR) is 136 cm³/mol. The minimum atomic E-state index is -1.02. The summed E-state index contributed by atoms with van der Waals surface area (Å²) < 4.78 is 0. The number of carbonyl (C=O) groups is 2. The Hall–Kier alpha value is -2.95. The third-order valence-corrected chi connectivity index (χ3v) is 9.38. The second-order valence-corrected chi connectivity index (χ2v) is 10.9. The van der Waals surface area contributed by atoms with Crippen molar-refractivity contribution in [1.82, 2.24) is 4.90 Å². The number of anilines is 1. The summed E-state index contributed by atoms with van der Waals surface area (Å²) in [5, 5.41) is 3.89. The number of para-hydroxylation sites is 1. The molecule has 176 valence electrons. The van der Waals surface area contributed by atoms with Crippen LogP contribution in [0.15, 0.2) is 72.8 Å². The SMILES string of the molecule is O=C1Nc2ccccc2[C@]12N1Cc3ccccc3C[C@H]1[C@H](c1ccc(Cl)cc1)[C@]21CCCCC1=O. The minimum absolute atomic E-state index is 0.0324. The fourth-order valence-electron chi connectivity index (χ4n) is 7.93. The monoisotopic (exact) mass is 482 g/mol. The molecule has 0 bridgehead atoms. The normalized spacial score (nSPS) is 31.3. The van der Waals surface area contributed by atoms with E-state index in [1.807, 2.05) is 30.3 Å². The van der Waals surface area contributed by atoms with Gasteiger partial charge in [0.05, 0.1) is 5.41 Å². The largest absolute Gasteiger partial charge is 0.324 e. The molecule has 0 aromatic heterocycles. The summed E-state index contributed by atoms with van der Waals surface area (Å²) in [4.78, 5) is 31.1. The van der Waals surface area contributed by atoms with Crippen molar-refractivity contribution in [3.8, 4) is 0 Å². The molecule has 4 atom stereocenters. The van der Waals surface area contributed by atoms with E-state index in [1.165, 1.54) is 11.1 Å². The molecule has 4 nitrogen and oxygen atoms in total. The first-order valence-electron chi connectivity index (χ1n) is 12.6. The molecule has 4 aliphatic rings. The van der Waals surface area contributed by atoms with Crippen LogP contribution in [0, 0.1) is 5.41 Å². The first kappa shape index (κ1) is 21.3. The van der Waals surface area contributed by atoms with Crippen LogP contribution in [0.5, 0.6) is 0 Å². The van der Waals surface area contributed by atoms with Crippen LogP contribution in [0.25, 0.3) is 0 Å². The van der Waals surface area contributed by atoms with Crippen molar-refractivity contribution >= 4 is 29.0 Å². The van der Waals surface area contributed by atoms with Gasteiger partial charge in [0, 0.05) is 41.2 Å². The highest BCUT2D eigenvalue weighted by atomic mass is 35.5. The summed E-state index contributed by atoms with van der Waals surface area (Å²) in [5.41, 5.74) is 3.61. The maximum atomic E-state index is 14.4. The van der Waals surface area contributed by atoms with Crippen LogP contribution < -0.4 is 5.32 Å². The topological polar surface area (TPSA) is 49.4 Å². The highest BCUT2D eigenvalue weighted by Crippen LogP contribution is 2.69. The summed E-state index contributed by atoms with van der Waals surface area (Å²) in [6.07, 6.45) is 3.88. The Bertz CT molecular complexity index is 1370. The molecule has 5 heteroatoms. The van der Waals surface area contributed by atoms with E-state index in [0.29, 0.717) is 24.4 Å². The van der Waals surface area contributed by atoms with Crippen molar-refractivity contribution in [3.63, 3.8) is 0 Å². The van der Waals surface area contributed by atoms with E-state index in [-0.39, 0.29) is 23.7 Å². The van der Waals surface area contributed by atoms with Gasteiger partial charge in [0.2, 0.25) is 0 Å². The van der Waals surface area contributed by atoms with Crippen molar-refractivity contribution in [1.29, 1.82) is 0 Å². The Balaban J connectivity index is 1.56. The van der Waals surface area contributed by atoms with Crippen molar-refractivity contribution in [2.24, 2.45) is 5.41 Å². The number of Topliss-reactive ketones (excluding diaryl/α,β-unsaturated/α-hetero) is 1. The fraction of sp³-hybridized carbons (Fsp3) is 0.333. The van der Waals surface area contributed by atoms with Crippen LogP contribution in [0.3, 0.4) is 0 Å². The Morgan fingerprint density at radius 1 is 0.886 bits per heavy atom. The molecule has 35 heavy (non-hydrogen) atoms. The molecule has 0 unspecified atom stereocenters. The molecule has 1 amide bonds. The molecule has 2 spiro atoms. The van der Waals surface area contributed by atoms with E-state index in [1.54, 1.807) is 0 Å². The number of halogens is 1. The lowest BCUT2D eigenvalue weighted by molar-refractivity contribution is -0.149. The van der Waals surface area contributed by atoms with Crippen LogP contribution in [-0.2, 0) is 28.1 Å². The van der Waals surface area contributed by atoms with Gasteiger partial charge in [-0.2, -0.15) is 0 Å². The minimum Gasteiger partial charge on any atom is -0.324 e. The van der Waals surface area contributed by atoms with Gasteiger partial charge in [-0.05, 0) is 54.2 Å². The molecule has 3 aromatic carbocycles. The van der Waals surface area contributed by atoms with Gasteiger partial charge in [0.15, 0.2) is 0 Å². The van der Waals surface area contributed by atoms with Crippen molar-refractivity contribution in [2.45, 2.75) is 56.1 Å². The van der Waals surface area contributed by atoms with Gasteiger partial charge < -0.3 is 5.32 Å². The van der Waals surface area contributed by atoms with Gasteiger partial charge in [0.1, 0.15) is 11.3 Å². The lowest BCUT2D eigenvalue weighted by Crippen LogP contribution is -2.60. The summed E-state index contributed by atoms with van der Waals surface area (Å²) in [6.45, 7) is 0.654. The number of hydrogen-bond acceptors (Lipinski definition) is 3. The average molecular weight is 483 g/mol. The molecule has 1 aliphatic carbocycles. The molecule has 7 rings (SSSR count). The molecular formula is C30H27ClN2O2. The van der Waals surface area contributed by atoms with Gasteiger partial charge in [-0.1, -0.05) is 72.6 Å². The smallest absolute Gasteiger partial charge is 0.250 e. The summed E-state index contributed by atoms with van der Waals surface area (Å²) >= 11 is 6.30. The zero-order chi connectivity index (χ0) is 23.8. The Kier molecular flexibility index (Phi) is 4.59. The Morgan fingerprint density at radius 3 is 2.43 bits per heavy atom. The first-order chi connectivity index (χ1) is 17.1. The van der Waals surface area contributed by atoms with E-state index in [0.717, 1.165) is 36.1 Å². The van der Waals surface area contributed by atoms with Crippen LogP contribution in [0.4, 0.5) is 5.69 Å². The molecule has 2 fully saturated rings. The maximum absolute atomic E-state index is 14.4. The molecular weight excluding hydrogens is 456 g/mol. The molecule has 3 aliphatic heterocycles. The lowest BCUT2D eigenvalue weighted by atomic mass is 9.53. The van der Waals surface area contributed by atoms with Gasteiger partial charge in [-0.15, -0.1) is 0 Å². The molecule has 1 N–H and O–H groups in total. The Morgan fingerprint density at radius 2 is 1.63 bits per heavy atom. The van der Waals surface area contributed by atoms with E-state index >= 15 is 0 Å². The third-order valence-electron chi connectivity index (χ3n) is 9.13. The molecule has 1 saturated heterocycles. The number of benzene rings is 3. The van der Waals surface area contributed by atoms with Gasteiger partial charge in [-0.25, -0.2) is 0 Å². The van der Waals surface area contributed by atoms with E-state index in [9.17, 15) is 9.59 Å². The number of nitrogens with one attached hydrogen (secondary N) is 1. The zero-order valence-corrected chi connectivity index (χ0v) is 20.2. The van der Waals surface area contributed by atoms with Crippen LogP contribution >= 0.6 is 11.6 Å². The number of rotatable bonds is 1. The number of fused-ring (bicyclic) bond motifs is 6. The highest BCUT2D eigenvalue weighted by molar-refractivity contribution is 6.30. The van der Waals surface area contributed by atoms with E-state index in [2.05, 4.69) is 52.7 Å². The first-order valence-corrected chi connectivity index (χ1v) is 13.0. The van der Waals surface area contributed by atoms with Crippen molar-refractivity contribution < 1.29 is 9.59 Å². The maximum Gasteiger partial charge on any atom is 0.250 e. The van der Waals surface area contributed by atoms with Crippen LogP contribution in [0.2, 0.25) is 5.02 Å². The van der Waals surface area contributed by atoms with E-state index < -0.39 is 11.0 Å². The molecule has 3 aromatic rings. The quantitative estimate of drug-likeness (QED) is 0.474. The van der Waals surface area contributed by atoms with Crippen molar-refractivity contribution in [3.05, 3.63) is 100 Å². The highest BCUT2D eigenvalue weighted by Gasteiger charge is 2.76. The number of ketones is 1. The second kappa shape index (κ2) is 7.52. The standard InChI is InChI=1S/C30H27ClN2O2/c31-22-14-12-19(13-15-22)27-25-17-20-7-1-2-8-21(20)18-33(25)30(29(27)16-6-5-11-26(29)34)23-9-3-4-10-24(23)32-28(30)35/h1-4,7-10,12-15,25,27H,5-6,11,16-18H2,(H,32,35)/t25-,27-,29+,30-/m0/s1. The Labute approximate surface area is 210 Å². The predicted octanol–water partition coefficient (Wildman–Crippen LogP) is 5.84. The second-order valence-electron chi connectivity index (χ2n) is 10.5. The van der Waals surface area contributed by atoms with Crippen LogP contribution in [0.1, 0.15) is 53.9 Å². The lowest BCUT2D eigenvalue weighted by Gasteiger charge is -2.49. The van der Waals surface area contributed by atoms with Gasteiger partial charge in [-0.3, -0.25) is 14.5 Å². The number of carbonyl (C=O) groups excluding carboxylic acids is 2. The summed E-state index contributed by atoms with van der Waals surface area (Å²) in [6, 6.07) is 24.6. The number of amides is 1. The molecule has 1 saturated carbocycles. The molecule has 0 radical (unpaired) electrons. The molecule has 3 heterocycles.